The molecule has 0 aliphatic heterocycles. The molecule has 0 heterocycles. The second kappa shape index (κ2) is 7.15. The first-order chi connectivity index (χ1) is 9.27. The van der Waals surface area contributed by atoms with Gasteiger partial charge in [0, 0.05) is 16.7 Å². The van der Waals surface area contributed by atoms with Crippen molar-refractivity contribution in [3.8, 4) is 5.75 Å². The van der Waals surface area contributed by atoms with E-state index in [4.69, 9.17) is 27.0 Å². The second-order valence-electron chi connectivity index (χ2n) is 4.23. The molecule has 1 amide bonds. The van der Waals surface area contributed by atoms with Crippen molar-refractivity contribution in [1.82, 2.24) is 5.32 Å². The molecule has 0 spiro atoms. The fraction of sp³-hybridized carbons (Fsp3) is 0.417. The number of methoxy groups -OCH3 is 1. The Morgan fingerprint density at radius 1 is 1.45 bits per heavy atom. The van der Waals surface area contributed by atoms with Crippen LogP contribution in [0.3, 0.4) is 0 Å². The van der Waals surface area contributed by atoms with E-state index in [0.29, 0.717) is 12.0 Å². The normalized spacial score (nSPS) is 12.8. The van der Waals surface area contributed by atoms with Gasteiger partial charge in [0.25, 0.3) is 9.05 Å². The molecule has 0 aliphatic rings. The van der Waals surface area contributed by atoms with Crippen molar-refractivity contribution in [2.24, 2.45) is 0 Å². The highest BCUT2D eigenvalue weighted by molar-refractivity contribution is 8.13. The third kappa shape index (κ3) is 4.85. The van der Waals surface area contributed by atoms with E-state index in [1.807, 2.05) is 0 Å². The molecular formula is C12H15Cl2NO4S. The molecular weight excluding hydrogens is 325 g/mol. The predicted molar refractivity (Wildman–Crippen MR) is 78.1 cm³/mol. The van der Waals surface area contributed by atoms with Gasteiger partial charge in [0.1, 0.15) is 16.5 Å². The Morgan fingerprint density at radius 3 is 2.60 bits per heavy atom. The molecule has 112 valence electrons. The first kappa shape index (κ1) is 17.1. The van der Waals surface area contributed by atoms with Gasteiger partial charge in [0.05, 0.1) is 7.11 Å². The van der Waals surface area contributed by atoms with Gasteiger partial charge < -0.3 is 10.1 Å². The topological polar surface area (TPSA) is 72.5 Å². The number of ether oxygens (including phenoxy) is 1. The van der Waals surface area contributed by atoms with Gasteiger partial charge in [-0.2, -0.15) is 0 Å². The summed E-state index contributed by atoms with van der Waals surface area (Å²) in [6, 6.07) is 4.50. The van der Waals surface area contributed by atoms with Crippen molar-refractivity contribution in [3.05, 3.63) is 23.8 Å². The minimum atomic E-state index is -3.89. The van der Waals surface area contributed by atoms with Crippen molar-refractivity contribution in [2.45, 2.75) is 24.3 Å². The van der Waals surface area contributed by atoms with E-state index in [2.05, 4.69) is 5.32 Å². The first-order valence-electron chi connectivity index (χ1n) is 5.74. The molecule has 0 radical (unpaired) electrons. The summed E-state index contributed by atoms with van der Waals surface area (Å²) in [6.07, 6.45) is 0.450. The number of rotatable bonds is 6. The van der Waals surface area contributed by atoms with Crippen LogP contribution in [0.4, 0.5) is 0 Å². The van der Waals surface area contributed by atoms with Gasteiger partial charge in [0.2, 0.25) is 5.91 Å². The summed E-state index contributed by atoms with van der Waals surface area (Å²) in [4.78, 5) is 11.1. The van der Waals surface area contributed by atoms with Gasteiger partial charge in [-0.05, 0) is 31.0 Å². The van der Waals surface area contributed by atoms with Crippen LogP contribution in [-0.2, 0) is 20.3 Å². The van der Waals surface area contributed by atoms with Crippen LogP contribution in [0.2, 0.25) is 0 Å². The third-order valence-corrected chi connectivity index (χ3v) is 4.15. The summed E-state index contributed by atoms with van der Waals surface area (Å²) in [7, 11) is 2.83. The monoisotopic (exact) mass is 339 g/mol. The molecule has 1 aromatic carbocycles. The van der Waals surface area contributed by atoms with E-state index in [1.54, 1.807) is 13.0 Å². The Labute approximate surface area is 127 Å². The number of carbonyl (C=O) groups excluding carboxylic acids is 1. The highest BCUT2D eigenvalue weighted by Gasteiger charge is 2.18. The van der Waals surface area contributed by atoms with Gasteiger partial charge in [-0.1, -0.05) is 6.07 Å². The van der Waals surface area contributed by atoms with Crippen molar-refractivity contribution in [1.29, 1.82) is 0 Å². The fourth-order valence-electron chi connectivity index (χ4n) is 1.76. The molecule has 0 unspecified atom stereocenters. The maximum atomic E-state index is 11.5. The SMILES string of the molecule is COc1ccc(C[C@@H](C)NC(=O)CCl)cc1S(=O)(=O)Cl. The molecule has 0 fully saturated rings. The average Bonchev–Trinajstić information content (AvgIpc) is 2.37. The zero-order valence-corrected chi connectivity index (χ0v) is 13.3. The summed E-state index contributed by atoms with van der Waals surface area (Å²) < 4.78 is 27.9. The lowest BCUT2D eigenvalue weighted by atomic mass is 10.1. The van der Waals surface area contributed by atoms with Crippen molar-refractivity contribution in [3.63, 3.8) is 0 Å². The zero-order valence-electron chi connectivity index (χ0n) is 11.0. The Balaban J connectivity index is 2.96. The minimum Gasteiger partial charge on any atom is -0.495 e. The molecule has 5 nitrogen and oxygen atoms in total. The standard InChI is InChI=1S/C12H15Cl2NO4S/c1-8(15-12(16)7-13)5-9-3-4-10(19-2)11(6-9)20(14,17)18/h3-4,6,8H,5,7H2,1-2H3,(H,15,16)/t8-/m1/s1. The van der Waals surface area contributed by atoms with Gasteiger partial charge in [-0.15, -0.1) is 11.6 Å². The molecule has 0 bridgehead atoms. The molecule has 0 saturated heterocycles. The van der Waals surface area contributed by atoms with E-state index in [9.17, 15) is 13.2 Å². The minimum absolute atomic E-state index is 0.0879. The number of hydrogen-bond donors (Lipinski definition) is 1. The van der Waals surface area contributed by atoms with Crippen LogP contribution in [0.25, 0.3) is 0 Å². The molecule has 8 heteroatoms. The van der Waals surface area contributed by atoms with Crippen LogP contribution in [0.15, 0.2) is 23.1 Å². The van der Waals surface area contributed by atoms with Gasteiger partial charge in [-0.3, -0.25) is 4.79 Å². The van der Waals surface area contributed by atoms with Crippen molar-refractivity contribution >= 4 is 37.2 Å². The number of nitrogens with one attached hydrogen (secondary N) is 1. The lowest BCUT2D eigenvalue weighted by Gasteiger charge is -2.14. The van der Waals surface area contributed by atoms with Crippen LogP contribution < -0.4 is 10.1 Å². The van der Waals surface area contributed by atoms with Crippen LogP contribution >= 0.6 is 22.3 Å². The maximum absolute atomic E-state index is 11.5. The van der Waals surface area contributed by atoms with Gasteiger partial charge in [0.15, 0.2) is 0 Å². The average molecular weight is 340 g/mol. The molecule has 1 N–H and O–H groups in total. The largest absolute Gasteiger partial charge is 0.495 e. The van der Waals surface area contributed by atoms with E-state index >= 15 is 0 Å². The molecule has 0 aromatic heterocycles. The summed E-state index contributed by atoms with van der Waals surface area (Å²) >= 11 is 5.40. The summed E-state index contributed by atoms with van der Waals surface area (Å²) in [6.45, 7) is 1.80. The second-order valence-corrected chi connectivity index (χ2v) is 7.03. The maximum Gasteiger partial charge on any atom is 0.264 e. The zero-order chi connectivity index (χ0) is 15.3. The molecule has 0 aliphatic carbocycles. The lowest BCUT2D eigenvalue weighted by molar-refractivity contribution is -0.119. The van der Waals surface area contributed by atoms with Gasteiger partial charge in [-0.25, -0.2) is 8.42 Å². The number of carbonyl (C=O) groups is 1. The smallest absolute Gasteiger partial charge is 0.264 e. The third-order valence-electron chi connectivity index (χ3n) is 2.56. The van der Waals surface area contributed by atoms with Crippen molar-refractivity contribution in [2.75, 3.05) is 13.0 Å². The summed E-state index contributed by atoms with van der Waals surface area (Å²) in [5, 5.41) is 2.68. The Hall–Kier alpha value is -0.980. The number of halogens is 2. The van der Waals surface area contributed by atoms with Crippen LogP contribution in [-0.4, -0.2) is 33.4 Å². The van der Waals surface area contributed by atoms with Crippen LogP contribution in [0.5, 0.6) is 5.75 Å². The van der Waals surface area contributed by atoms with Gasteiger partial charge >= 0.3 is 0 Å². The quantitative estimate of drug-likeness (QED) is 0.634. The number of benzene rings is 1. The van der Waals surface area contributed by atoms with E-state index < -0.39 is 9.05 Å². The summed E-state index contributed by atoms with van der Waals surface area (Å²) in [5.41, 5.74) is 0.715. The van der Waals surface area contributed by atoms with E-state index in [-0.39, 0.29) is 28.5 Å². The number of hydrogen-bond acceptors (Lipinski definition) is 4. The number of amides is 1. The Morgan fingerprint density at radius 2 is 2.10 bits per heavy atom. The molecule has 1 rings (SSSR count). The highest BCUT2D eigenvalue weighted by Crippen LogP contribution is 2.28. The fourth-order valence-corrected chi connectivity index (χ4v) is 2.88. The molecule has 1 atom stereocenters. The Bertz CT molecular complexity index is 589. The Kier molecular flexibility index (Phi) is 6.10. The molecule has 20 heavy (non-hydrogen) atoms. The van der Waals surface area contributed by atoms with E-state index in [0.717, 1.165) is 0 Å². The first-order valence-corrected chi connectivity index (χ1v) is 8.59. The highest BCUT2D eigenvalue weighted by atomic mass is 35.7. The predicted octanol–water partition coefficient (Wildman–Crippen LogP) is 1.91. The molecule has 0 saturated carbocycles. The molecule has 1 aromatic rings. The van der Waals surface area contributed by atoms with Crippen LogP contribution in [0.1, 0.15) is 12.5 Å². The lowest BCUT2D eigenvalue weighted by Crippen LogP contribution is -2.34. The summed E-state index contributed by atoms with van der Waals surface area (Å²) in [5.74, 6) is -0.215. The number of alkyl halides is 1. The van der Waals surface area contributed by atoms with Crippen molar-refractivity contribution < 1.29 is 17.9 Å². The van der Waals surface area contributed by atoms with E-state index in [1.165, 1.54) is 19.2 Å². The van der Waals surface area contributed by atoms with Crippen LogP contribution in [0, 0.1) is 0 Å².